The number of carbonyl (C=O) groups excluding carboxylic acids is 3. The SMILES string of the molecule is COC(=O)[C@@H](NC(=O)c1c(F)cc(F)cc1F)[C@H]1CCCC(=O)C1. The second-order valence-electron chi connectivity index (χ2n) is 5.61. The van der Waals surface area contributed by atoms with E-state index >= 15 is 0 Å². The third-order valence-corrected chi connectivity index (χ3v) is 3.97. The Bertz CT molecular complexity index is 654. The van der Waals surface area contributed by atoms with E-state index in [2.05, 4.69) is 10.1 Å². The van der Waals surface area contributed by atoms with Crippen LogP contribution in [-0.4, -0.2) is 30.8 Å². The lowest BCUT2D eigenvalue weighted by atomic mass is 9.83. The summed E-state index contributed by atoms with van der Waals surface area (Å²) in [4.78, 5) is 35.6. The van der Waals surface area contributed by atoms with Gasteiger partial charge in [-0.05, 0) is 18.8 Å². The number of benzene rings is 1. The summed E-state index contributed by atoms with van der Waals surface area (Å²) in [5, 5.41) is 2.21. The molecular weight excluding hydrogens is 327 g/mol. The van der Waals surface area contributed by atoms with Gasteiger partial charge in [-0.3, -0.25) is 9.59 Å². The lowest BCUT2D eigenvalue weighted by Crippen LogP contribution is -2.48. The van der Waals surface area contributed by atoms with Crippen LogP contribution in [0.5, 0.6) is 0 Å². The summed E-state index contributed by atoms with van der Waals surface area (Å²) in [5.74, 6) is -6.53. The molecule has 5 nitrogen and oxygen atoms in total. The monoisotopic (exact) mass is 343 g/mol. The summed E-state index contributed by atoms with van der Waals surface area (Å²) in [5.41, 5.74) is -0.993. The number of ketones is 1. The predicted molar refractivity (Wildman–Crippen MR) is 76.6 cm³/mol. The Hall–Kier alpha value is -2.38. The Morgan fingerprint density at radius 1 is 1.25 bits per heavy atom. The summed E-state index contributed by atoms with van der Waals surface area (Å²) < 4.78 is 44.9. The lowest BCUT2D eigenvalue weighted by molar-refractivity contribution is -0.145. The molecule has 2 rings (SSSR count). The Labute approximate surface area is 136 Å². The van der Waals surface area contributed by atoms with Crippen LogP contribution in [0.25, 0.3) is 0 Å². The minimum Gasteiger partial charge on any atom is -0.467 e. The van der Waals surface area contributed by atoms with Crippen molar-refractivity contribution in [2.45, 2.75) is 31.7 Å². The number of Topliss-reactive ketones (excluding diaryl/α,β-unsaturated/α-hetero) is 1. The molecule has 1 fully saturated rings. The quantitative estimate of drug-likeness (QED) is 0.850. The van der Waals surface area contributed by atoms with Gasteiger partial charge in [0.15, 0.2) is 0 Å². The molecule has 1 amide bonds. The number of rotatable bonds is 4. The number of methoxy groups -OCH3 is 1. The summed E-state index contributed by atoms with van der Waals surface area (Å²) in [7, 11) is 1.10. The highest BCUT2D eigenvalue weighted by Crippen LogP contribution is 2.25. The lowest BCUT2D eigenvalue weighted by Gasteiger charge is -2.28. The van der Waals surface area contributed by atoms with Crippen molar-refractivity contribution in [1.29, 1.82) is 0 Å². The first-order chi connectivity index (χ1) is 11.3. The molecule has 1 aliphatic carbocycles. The number of nitrogens with one attached hydrogen (secondary N) is 1. The summed E-state index contributed by atoms with van der Waals surface area (Å²) >= 11 is 0. The van der Waals surface area contributed by atoms with Crippen LogP contribution >= 0.6 is 0 Å². The Morgan fingerprint density at radius 2 is 1.88 bits per heavy atom. The zero-order valence-electron chi connectivity index (χ0n) is 12.9. The van der Waals surface area contributed by atoms with Crippen molar-refractivity contribution >= 4 is 17.7 Å². The molecule has 0 saturated heterocycles. The average molecular weight is 343 g/mol. The second-order valence-corrected chi connectivity index (χ2v) is 5.61. The normalized spacial score (nSPS) is 18.8. The van der Waals surface area contributed by atoms with Crippen molar-refractivity contribution in [3.63, 3.8) is 0 Å². The van der Waals surface area contributed by atoms with Crippen LogP contribution in [0.1, 0.15) is 36.0 Å². The molecule has 0 aromatic heterocycles. The first kappa shape index (κ1) is 18.0. The number of halogens is 3. The van der Waals surface area contributed by atoms with Gasteiger partial charge < -0.3 is 10.1 Å². The topological polar surface area (TPSA) is 72.5 Å². The van der Waals surface area contributed by atoms with Crippen LogP contribution < -0.4 is 5.32 Å². The molecule has 0 spiro atoms. The van der Waals surface area contributed by atoms with Crippen LogP contribution in [0.2, 0.25) is 0 Å². The molecule has 1 aromatic rings. The predicted octanol–water partition coefficient (Wildman–Crippen LogP) is 2.13. The number of carbonyl (C=O) groups is 3. The molecular formula is C16H16F3NO4. The van der Waals surface area contributed by atoms with Crippen LogP contribution in [0.3, 0.4) is 0 Å². The van der Waals surface area contributed by atoms with E-state index in [9.17, 15) is 27.6 Å². The van der Waals surface area contributed by atoms with E-state index in [1.165, 1.54) is 0 Å². The third kappa shape index (κ3) is 3.93. The molecule has 0 bridgehead atoms. The smallest absolute Gasteiger partial charge is 0.328 e. The highest BCUT2D eigenvalue weighted by atomic mass is 19.1. The molecule has 1 aromatic carbocycles. The summed E-state index contributed by atoms with van der Waals surface area (Å²) in [6.07, 6.45) is 1.49. The van der Waals surface area contributed by atoms with Crippen LogP contribution in [0.15, 0.2) is 12.1 Å². The second kappa shape index (κ2) is 7.46. The van der Waals surface area contributed by atoms with E-state index in [0.29, 0.717) is 31.4 Å². The summed E-state index contributed by atoms with van der Waals surface area (Å²) in [6, 6.07) is -0.472. The van der Waals surface area contributed by atoms with Gasteiger partial charge in [0.05, 0.1) is 7.11 Å². The standard InChI is InChI=1S/C16H16F3NO4/c1-24-16(23)14(8-3-2-4-10(21)5-8)20-15(22)13-11(18)6-9(17)7-12(13)19/h6-8,14H,2-5H2,1H3,(H,20,22)/t8-,14-/m0/s1. The van der Waals surface area contributed by atoms with Gasteiger partial charge in [-0.25, -0.2) is 18.0 Å². The Kier molecular flexibility index (Phi) is 5.58. The molecule has 130 valence electrons. The van der Waals surface area contributed by atoms with Gasteiger partial charge in [0.2, 0.25) is 0 Å². The molecule has 0 aliphatic heterocycles. The molecule has 1 N–H and O–H groups in total. The highest BCUT2D eigenvalue weighted by molar-refractivity contribution is 5.97. The van der Waals surface area contributed by atoms with E-state index < -0.39 is 46.9 Å². The molecule has 8 heteroatoms. The van der Waals surface area contributed by atoms with Gasteiger partial charge in [0.1, 0.15) is 34.8 Å². The molecule has 0 unspecified atom stereocenters. The maximum atomic E-state index is 13.7. The largest absolute Gasteiger partial charge is 0.467 e. The van der Waals surface area contributed by atoms with Crippen LogP contribution in [-0.2, 0) is 14.3 Å². The zero-order chi connectivity index (χ0) is 17.9. The number of amides is 1. The maximum absolute atomic E-state index is 13.7. The van der Waals surface area contributed by atoms with Gasteiger partial charge in [-0.2, -0.15) is 0 Å². The van der Waals surface area contributed by atoms with Gasteiger partial charge >= 0.3 is 5.97 Å². The van der Waals surface area contributed by atoms with Crippen LogP contribution in [0, 0.1) is 23.4 Å². The molecule has 2 atom stereocenters. The molecule has 24 heavy (non-hydrogen) atoms. The van der Waals surface area contributed by atoms with Crippen molar-refractivity contribution in [3.8, 4) is 0 Å². The fourth-order valence-corrected chi connectivity index (χ4v) is 2.81. The third-order valence-electron chi connectivity index (χ3n) is 3.97. The van der Waals surface area contributed by atoms with Crippen molar-refractivity contribution in [2.75, 3.05) is 7.11 Å². The van der Waals surface area contributed by atoms with Crippen molar-refractivity contribution in [1.82, 2.24) is 5.32 Å². The van der Waals surface area contributed by atoms with E-state index in [4.69, 9.17) is 0 Å². The van der Waals surface area contributed by atoms with Gasteiger partial charge in [0.25, 0.3) is 5.91 Å². The van der Waals surface area contributed by atoms with E-state index in [0.717, 1.165) is 7.11 Å². The van der Waals surface area contributed by atoms with E-state index in [1.54, 1.807) is 0 Å². The number of hydrogen-bond donors (Lipinski definition) is 1. The number of hydrogen-bond acceptors (Lipinski definition) is 4. The number of esters is 1. The Morgan fingerprint density at radius 3 is 2.42 bits per heavy atom. The average Bonchev–Trinajstić information content (AvgIpc) is 2.50. The zero-order valence-corrected chi connectivity index (χ0v) is 12.9. The van der Waals surface area contributed by atoms with E-state index in [1.807, 2.05) is 0 Å². The number of ether oxygens (including phenoxy) is 1. The van der Waals surface area contributed by atoms with Gasteiger partial charge in [-0.1, -0.05) is 0 Å². The van der Waals surface area contributed by atoms with Gasteiger partial charge in [-0.15, -0.1) is 0 Å². The fraction of sp³-hybridized carbons (Fsp3) is 0.438. The van der Waals surface area contributed by atoms with Gasteiger partial charge in [0, 0.05) is 25.0 Å². The minimum absolute atomic E-state index is 0.0615. The summed E-state index contributed by atoms with van der Waals surface area (Å²) in [6.45, 7) is 0. The molecule has 1 aliphatic rings. The minimum atomic E-state index is -1.38. The fourth-order valence-electron chi connectivity index (χ4n) is 2.81. The first-order valence-corrected chi connectivity index (χ1v) is 7.38. The van der Waals surface area contributed by atoms with Crippen molar-refractivity contribution < 1.29 is 32.3 Å². The Balaban J connectivity index is 2.25. The highest BCUT2D eigenvalue weighted by Gasteiger charge is 2.35. The molecule has 0 radical (unpaired) electrons. The van der Waals surface area contributed by atoms with Crippen molar-refractivity contribution in [2.24, 2.45) is 5.92 Å². The maximum Gasteiger partial charge on any atom is 0.328 e. The molecule has 0 heterocycles. The molecule has 1 saturated carbocycles. The van der Waals surface area contributed by atoms with E-state index in [-0.39, 0.29) is 12.2 Å². The van der Waals surface area contributed by atoms with Crippen molar-refractivity contribution in [3.05, 3.63) is 35.1 Å². The van der Waals surface area contributed by atoms with Crippen LogP contribution in [0.4, 0.5) is 13.2 Å². The first-order valence-electron chi connectivity index (χ1n) is 7.38.